The van der Waals surface area contributed by atoms with Crippen LogP contribution in [0.5, 0.6) is 0 Å². The second-order valence-corrected chi connectivity index (χ2v) is 5.41. The van der Waals surface area contributed by atoms with Crippen LogP contribution in [0.2, 0.25) is 0 Å². The third-order valence-electron chi connectivity index (χ3n) is 2.93. The van der Waals surface area contributed by atoms with E-state index in [1.807, 2.05) is 6.92 Å². The number of rotatable bonds is 5. The average molecular weight is 357 g/mol. The first-order valence-corrected chi connectivity index (χ1v) is 7.17. The lowest BCUT2D eigenvalue weighted by Gasteiger charge is -2.03. The van der Waals surface area contributed by atoms with Crippen LogP contribution >= 0.6 is 22.6 Å². The lowest BCUT2D eigenvalue weighted by atomic mass is 10.1. The number of hydrogen-bond acceptors (Lipinski definition) is 2. The van der Waals surface area contributed by atoms with E-state index in [0.29, 0.717) is 6.54 Å². The lowest BCUT2D eigenvalue weighted by Crippen LogP contribution is -2.17. The van der Waals surface area contributed by atoms with E-state index < -0.39 is 0 Å². The highest BCUT2D eigenvalue weighted by Crippen LogP contribution is 2.09. The van der Waals surface area contributed by atoms with Gasteiger partial charge in [-0.05, 0) is 60.1 Å². The van der Waals surface area contributed by atoms with Crippen molar-refractivity contribution < 1.29 is 0 Å². The summed E-state index contributed by atoms with van der Waals surface area (Å²) in [6, 6.07) is 8.54. The molecule has 5 heteroatoms. The van der Waals surface area contributed by atoms with Crippen LogP contribution < -0.4 is 5.69 Å². The topological polar surface area (TPSA) is 50.7 Å². The van der Waals surface area contributed by atoms with E-state index >= 15 is 0 Å². The largest absolute Gasteiger partial charge is 0.343 e. The summed E-state index contributed by atoms with van der Waals surface area (Å²) in [6.45, 7) is 2.63. The van der Waals surface area contributed by atoms with Crippen LogP contribution in [0, 0.1) is 3.57 Å². The van der Waals surface area contributed by atoms with Gasteiger partial charge in [0.05, 0.1) is 0 Å². The van der Waals surface area contributed by atoms with Crippen molar-refractivity contribution >= 4 is 22.6 Å². The van der Waals surface area contributed by atoms with Crippen molar-refractivity contribution in [3.63, 3.8) is 0 Å². The third kappa shape index (κ3) is 3.22. The molecule has 0 aliphatic carbocycles. The van der Waals surface area contributed by atoms with Crippen molar-refractivity contribution in [1.29, 1.82) is 0 Å². The molecule has 0 unspecified atom stereocenters. The van der Waals surface area contributed by atoms with Gasteiger partial charge < -0.3 is 0 Å². The summed E-state index contributed by atoms with van der Waals surface area (Å²) in [6.07, 6.45) is 2.85. The summed E-state index contributed by atoms with van der Waals surface area (Å²) in [5, 5.41) is 6.56. The van der Waals surface area contributed by atoms with Gasteiger partial charge in [-0.1, -0.05) is 12.1 Å². The van der Waals surface area contributed by atoms with Crippen molar-refractivity contribution in [3.8, 4) is 0 Å². The molecule has 1 heterocycles. The van der Waals surface area contributed by atoms with Gasteiger partial charge in [0.25, 0.3) is 0 Å². The summed E-state index contributed by atoms with van der Waals surface area (Å²) in [5.74, 6) is 0.855. The predicted octanol–water partition coefficient (Wildman–Crippen LogP) is 2.37. The molecule has 1 aromatic carbocycles. The van der Waals surface area contributed by atoms with E-state index in [1.165, 1.54) is 9.13 Å². The molecule has 1 N–H and O–H groups in total. The van der Waals surface area contributed by atoms with E-state index in [0.717, 1.165) is 25.1 Å². The average Bonchev–Trinajstić information content (AvgIpc) is 2.72. The maximum absolute atomic E-state index is 11.4. The number of halogens is 1. The minimum Gasteiger partial charge on any atom is -0.279 e. The molecule has 0 saturated heterocycles. The Hall–Kier alpha value is -1.11. The van der Waals surface area contributed by atoms with Gasteiger partial charge in [-0.25, -0.2) is 9.89 Å². The molecule has 0 fully saturated rings. The van der Waals surface area contributed by atoms with Gasteiger partial charge in [0.1, 0.15) is 5.82 Å². The number of nitrogens with one attached hydrogen (secondary N) is 1. The normalized spacial score (nSPS) is 10.8. The Kier molecular flexibility index (Phi) is 4.57. The van der Waals surface area contributed by atoms with E-state index in [-0.39, 0.29) is 5.69 Å². The molecule has 2 rings (SSSR count). The summed E-state index contributed by atoms with van der Waals surface area (Å²) < 4.78 is 2.94. The molecule has 0 spiro atoms. The van der Waals surface area contributed by atoms with Crippen molar-refractivity contribution in [1.82, 2.24) is 14.8 Å². The first-order chi connectivity index (χ1) is 8.70. The molecule has 0 bridgehead atoms. The van der Waals surface area contributed by atoms with Crippen molar-refractivity contribution in [2.45, 2.75) is 32.7 Å². The fourth-order valence-electron chi connectivity index (χ4n) is 1.97. The number of H-pyrrole nitrogens is 1. The molecule has 0 amide bonds. The number of hydrogen-bond donors (Lipinski definition) is 1. The van der Waals surface area contributed by atoms with Crippen molar-refractivity contribution in [3.05, 3.63) is 49.7 Å². The molecule has 0 radical (unpaired) electrons. The number of aryl methyl sites for hydroxylation is 2. The number of aromatic nitrogens is 3. The SMILES string of the molecule is CCn1c(CCCc2ccc(I)cc2)n[nH]c1=O. The molecular weight excluding hydrogens is 341 g/mol. The fraction of sp³-hybridized carbons (Fsp3) is 0.385. The fourth-order valence-corrected chi connectivity index (χ4v) is 2.33. The minimum atomic E-state index is -0.109. The van der Waals surface area contributed by atoms with Crippen LogP contribution in [-0.4, -0.2) is 14.8 Å². The molecule has 1 aromatic heterocycles. The molecule has 4 nitrogen and oxygen atoms in total. The highest BCUT2D eigenvalue weighted by molar-refractivity contribution is 14.1. The Balaban J connectivity index is 1.92. The predicted molar refractivity (Wildman–Crippen MR) is 79.7 cm³/mol. The number of benzene rings is 1. The first-order valence-electron chi connectivity index (χ1n) is 6.09. The van der Waals surface area contributed by atoms with Crippen molar-refractivity contribution in [2.24, 2.45) is 0 Å². The van der Waals surface area contributed by atoms with Crippen LogP contribution in [0.1, 0.15) is 24.7 Å². The van der Waals surface area contributed by atoms with Gasteiger partial charge in [0.15, 0.2) is 0 Å². The molecule has 2 aromatic rings. The van der Waals surface area contributed by atoms with E-state index in [9.17, 15) is 4.79 Å². The van der Waals surface area contributed by atoms with E-state index in [2.05, 4.69) is 57.1 Å². The van der Waals surface area contributed by atoms with Crippen LogP contribution in [0.4, 0.5) is 0 Å². The zero-order valence-electron chi connectivity index (χ0n) is 10.3. The summed E-state index contributed by atoms with van der Waals surface area (Å²) in [4.78, 5) is 11.4. The third-order valence-corrected chi connectivity index (χ3v) is 3.65. The quantitative estimate of drug-likeness (QED) is 0.836. The Morgan fingerprint density at radius 2 is 2.00 bits per heavy atom. The Bertz CT molecular complexity index is 556. The van der Waals surface area contributed by atoms with Crippen molar-refractivity contribution in [2.75, 3.05) is 0 Å². The number of nitrogens with zero attached hydrogens (tertiary/aromatic N) is 2. The monoisotopic (exact) mass is 357 g/mol. The zero-order chi connectivity index (χ0) is 13.0. The molecule has 0 saturated carbocycles. The second-order valence-electron chi connectivity index (χ2n) is 4.17. The first kappa shape index (κ1) is 13.3. The van der Waals surface area contributed by atoms with Crippen LogP contribution in [-0.2, 0) is 19.4 Å². The van der Waals surface area contributed by atoms with Gasteiger partial charge in [0.2, 0.25) is 0 Å². The van der Waals surface area contributed by atoms with Crippen LogP contribution in [0.15, 0.2) is 29.1 Å². The van der Waals surface area contributed by atoms with Gasteiger partial charge >= 0.3 is 5.69 Å². The summed E-state index contributed by atoms with van der Waals surface area (Å²) in [5.41, 5.74) is 1.22. The molecule has 0 aliphatic rings. The second kappa shape index (κ2) is 6.17. The Morgan fingerprint density at radius 1 is 1.28 bits per heavy atom. The standard InChI is InChI=1S/C13H16IN3O/c1-2-17-12(15-16-13(17)18)5-3-4-10-6-8-11(14)9-7-10/h6-9H,2-5H2,1H3,(H,16,18). The lowest BCUT2D eigenvalue weighted by molar-refractivity contribution is 0.654. The highest BCUT2D eigenvalue weighted by atomic mass is 127. The van der Waals surface area contributed by atoms with E-state index in [1.54, 1.807) is 4.57 Å². The maximum atomic E-state index is 11.4. The van der Waals surface area contributed by atoms with Crippen LogP contribution in [0.25, 0.3) is 0 Å². The van der Waals surface area contributed by atoms with Gasteiger partial charge in [0, 0.05) is 16.5 Å². The van der Waals surface area contributed by atoms with Gasteiger partial charge in [-0.2, -0.15) is 5.10 Å². The zero-order valence-corrected chi connectivity index (χ0v) is 12.5. The Morgan fingerprint density at radius 3 is 2.67 bits per heavy atom. The molecular formula is C13H16IN3O. The summed E-state index contributed by atoms with van der Waals surface area (Å²) in [7, 11) is 0. The number of aromatic amines is 1. The molecule has 0 aliphatic heterocycles. The van der Waals surface area contributed by atoms with Gasteiger partial charge in [-0.3, -0.25) is 4.57 Å². The maximum Gasteiger partial charge on any atom is 0.343 e. The van der Waals surface area contributed by atoms with E-state index in [4.69, 9.17) is 0 Å². The molecule has 96 valence electrons. The highest BCUT2D eigenvalue weighted by Gasteiger charge is 2.05. The molecule has 18 heavy (non-hydrogen) atoms. The minimum absolute atomic E-state index is 0.109. The van der Waals surface area contributed by atoms with Crippen LogP contribution in [0.3, 0.4) is 0 Å². The summed E-state index contributed by atoms with van der Waals surface area (Å²) >= 11 is 2.30. The Labute approximate surface area is 120 Å². The molecule has 0 atom stereocenters. The smallest absolute Gasteiger partial charge is 0.279 e. The van der Waals surface area contributed by atoms with Gasteiger partial charge in [-0.15, -0.1) is 0 Å².